The average Bonchev–Trinajstić information content (AvgIpc) is 2.43. The van der Waals surface area contributed by atoms with Crippen LogP contribution in [0, 0.1) is 17.0 Å². The third-order valence-corrected chi connectivity index (χ3v) is 5.26. The summed E-state index contributed by atoms with van der Waals surface area (Å²) in [7, 11) is -4.00. The predicted octanol–water partition coefficient (Wildman–Crippen LogP) is 1.44. The third-order valence-electron chi connectivity index (χ3n) is 3.19. The highest BCUT2D eigenvalue weighted by molar-refractivity contribution is 7.89. The van der Waals surface area contributed by atoms with Crippen molar-refractivity contribution in [1.29, 1.82) is 0 Å². The minimum Gasteiger partial charge on any atom is -0.353 e. The number of amides is 1. The molecular weight excluding hydrogens is 322 g/mol. The van der Waals surface area contributed by atoms with Crippen molar-refractivity contribution in [2.24, 2.45) is 0 Å². The van der Waals surface area contributed by atoms with Crippen molar-refractivity contribution in [3.63, 3.8) is 0 Å². The Hall–Kier alpha value is -2.00. The van der Waals surface area contributed by atoms with Gasteiger partial charge in [0.25, 0.3) is 5.69 Å². The van der Waals surface area contributed by atoms with Crippen LogP contribution in [0.3, 0.4) is 0 Å². The van der Waals surface area contributed by atoms with E-state index in [0.717, 1.165) is 4.31 Å². The van der Waals surface area contributed by atoms with Crippen LogP contribution in [0.2, 0.25) is 0 Å². The summed E-state index contributed by atoms with van der Waals surface area (Å²) in [5, 5.41) is 13.6. The molecule has 0 unspecified atom stereocenters. The minimum absolute atomic E-state index is 0.0558. The van der Waals surface area contributed by atoms with Crippen LogP contribution in [-0.4, -0.2) is 42.7 Å². The highest BCUT2D eigenvalue weighted by Gasteiger charge is 2.29. The lowest BCUT2D eigenvalue weighted by molar-refractivity contribution is -0.385. The second-order valence-electron chi connectivity index (χ2n) is 5.31. The van der Waals surface area contributed by atoms with Gasteiger partial charge >= 0.3 is 0 Å². The van der Waals surface area contributed by atoms with Gasteiger partial charge in [0, 0.05) is 24.2 Å². The third kappa shape index (κ3) is 4.49. The molecule has 0 saturated carbocycles. The molecule has 0 radical (unpaired) electrons. The highest BCUT2D eigenvalue weighted by atomic mass is 32.2. The minimum atomic E-state index is -4.00. The lowest BCUT2D eigenvalue weighted by atomic mass is 10.2. The number of likely N-dealkylation sites (N-methyl/N-ethyl adjacent to an activating group) is 1. The van der Waals surface area contributed by atoms with Crippen LogP contribution < -0.4 is 5.32 Å². The van der Waals surface area contributed by atoms with Gasteiger partial charge in [-0.15, -0.1) is 0 Å². The number of sulfonamides is 1. The molecule has 0 aliphatic carbocycles. The number of hydrogen-bond acceptors (Lipinski definition) is 5. The Kier molecular flexibility index (Phi) is 6.22. The van der Waals surface area contributed by atoms with Gasteiger partial charge in [0.15, 0.2) is 0 Å². The molecule has 1 aromatic carbocycles. The second-order valence-corrected chi connectivity index (χ2v) is 7.22. The Morgan fingerprint density at radius 1 is 1.39 bits per heavy atom. The monoisotopic (exact) mass is 343 g/mol. The summed E-state index contributed by atoms with van der Waals surface area (Å²) in [5.74, 6) is -0.423. The first-order chi connectivity index (χ1) is 10.6. The second kappa shape index (κ2) is 7.51. The molecule has 0 fully saturated rings. The fourth-order valence-corrected chi connectivity index (χ4v) is 3.76. The molecule has 0 atom stereocenters. The summed E-state index contributed by atoms with van der Waals surface area (Å²) in [4.78, 5) is 22.0. The number of rotatable bonds is 7. The summed E-state index contributed by atoms with van der Waals surface area (Å²) in [5.41, 5.74) is -0.214. The van der Waals surface area contributed by atoms with Crippen molar-refractivity contribution >= 4 is 21.6 Å². The highest BCUT2D eigenvalue weighted by Crippen LogP contribution is 2.27. The molecule has 23 heavy (non-hydrogen) atoms. The van der Waals surface area contributed by atoms with E-state index in [1.807, 2.05) is 0 Å². The van der Waals surface area contributed by atoms with E-state index in [4.69, 9.17) is 0 Å². The van der Waals surface area contributed by atoms with Crippen LogP contribution in [0.1, 0.15) is 26.3 Å². The fraction of sp³-hybridized carbons (Fsp3) is 0.500. The van der Waals surface area contributed by atoms with Gasteiger partial charge in [0.05, 0.1) is 16.4 Å². The van der Waals surface area contributed by atoms with E-state index >= 15 is 0 Å². The van der Waals surface area contributed by atoms with E-state index < -0.39 is 20.9 Å². The molecule has 1 amide bonds. The Labute approximate surface area is 135 Å². The van der Waals surface area contributed by atoms with Crippen LogP contribution in [0.4, 0.5) is 5.69 Å². The van der Waals surface area contributed by atoms with Gasteiger partial charge < -0.3 is 5.32 Å². The molecule has 1 rings (SSSR count). The molecule has 9 heteroatoms. The predicted molar refractivity (Wildman–Crippen MR) is 85.5 cm³/mol. The lowest BCUT2D eigenvalue weighted by Crippen LogP contribution is -2.42. The van der Waals surface area contributed by atoms with Crippen LogP contribution in [0.5, 0.6) is 0 Å². The van der Waals surface area contributed by atoms with Gasteiger partial charge in [0.2, 0.25) is 15.9 Å². The summed E-state index contributed by atoms with van der Waals surface area (Å²) in [6.07, 6.45) is 0. The van der Waals surface area contributed by atoms with Gasteiger partial charge in [-0.25, -0.2) is 8.42 Å². The number of nitro groups is 1. The normalized spacial score (nSPS) is 11.7. The fourth-order valence-electron chi connectivity index (χ4n) is 2.11. The molecule has 0 heterocycles. The maximum atomic E-state index is 12.7. The summed E-state index contributed by atoms with van der Waals surface area (Å²) in [6, 6.07) is 3.76. The first kappa shape index (κ1) is 19.0. The number of hydrogen-bond donors (Lipinski definition) is 1. The van der Waals surface area contributed by atoms with E-state index in [1.54, 1.807) is 20.8 Å². The lowest BCUT2D eigenvalue weighted by Gasteiger charge is -2.21. The first-order valence-corrected chi connectivity index (χ1v) is 8.58. The molecule has 0 aliphatic heterocycles. The van der Waals surface area contributed by atoms with Gasteiger partial charge in [-0.3, -0.25) is 14.9 Å². The van der Waals surface area contributed by atoms with Gasteiger partial charge in [-0.05, 0) is 26.8 Å². The Morgan fingerprint density at radius 2 is 2.00 bits per heavy atom. The molecule has 8 nitrogen and oxygen atoms in total. The van der Waals surface area contributed by atoms with Crippen LogP contribution >= 0.6 is 0 Å². The van der Waals surface area contributed by atoms with Crippen molar-refractivity contribution in [3.8, 4) is 0 Å². The van der Waals surface area contributed by atoms with E-state index in [0.29, 0.717) is 0 Å². The Balaban J connectivity index is 3.21. The number of nitrogens with one attached hydrogen (secondary N) is 1. The molecular formula is C14H21N3O5S. The van der Waals surface area contributed by atoms with Crippen LogP contribution in [-0.2, 0) is 14.8 Å². The Morgan fingerprint density at radius 3 is 2.48 bits per heavy atom. The van der Waals surface area contributed by atoms with Gasteiger partial charge in [0.1, 0.15) is 0 Å². The summed E-state index contributed by atoms with van der Waals surface area (Å²) < 4.78 is 26.4. The smallest absolute Gasteiger partial charge is 0.273 e. The van der Waals surface area contributed by atoms with E-state index in [9.17, 15) is 23.3 Å². The van der Waals surface area contributed by atoms with Gasteiger partial charge in [-0.1, -0.05) is 13.0 Å². The van der Waals surface area contributed by atoms with Crippen LogP contribution in [0.15, 0.2) is 23.1 Å². The number of nitrogens with zero attached hydrogens (tertiary/aromatic N) is 2. The number of benzene rings is 1. The van der Waals surface area contributed by atoms with Crippen molar-refractivity contribution in [2.45, 2.75) is 38.6 Å². The quantitative estimate of drug-likeness (QED) is 0.595. The number of nitro benzene ring substituents is 1. The van der Waals surface area contributed by atoms with Gasteiger partial charge in [-0.2, -0.15) is 4.31 Å². The van der Waals surface area contributed by atoms with Crippen molar-refractivity contribution in [3.05, 3.63) is 33.9 Å². The summed E-state index contributed by atoms with van der Waals surface area (Å²) in [6.45, 7) is 6.27. The van der Waals surface area contributed by atoms with E-state index in [1.165, 1.54) is 25.1 Å². The molecule has 0 aliphatic rings. The maximum absolute atomic E-state index is 12.7. The number of carbonyl (C=O) groups excluding carboxylic acids is 1. The van der Waals surface area contributed by atoms with E-state index in [2.05, 4.69) is 5.32 Å². The standard InChI is InChI=1S/C14H21N3O5S/c1-5-16(9-14(18)15-10(2)3)23(21,22)13-8-6-7-12(11(13)4)17(19)20/h6-8,10H,5,9H2,1-4H3,(H,15,18). The Bertz CT molecular complexity index is 700. The maximum Gasteiger partial charge on any atom is 0.273 e. The van der Waals surface area contributed by atoms with Crippen molar-refractivity contribution in [2.75, 3.05) is 13.1 Å². The van der Waals surface area contributed by atoms with Crippen molar-refractivity contribution in [1.82, 2.24) is 9.62 Å². The molecule has 0 spiro atoms. The molecule has 0 aromatic heterocycles. The largest absolute Gasteiger partial charge is 0.353 e. The molecule has 0 bridgehead atoms. The zero-order valence-corrected chi connectivity index (χ0v) is 14.4. The zero-order chi connectivity index (χ0) is 17.8. The van der Waals surface area contributed by atoms with Crippen LogP contribution in [0.25, 0.3) is 0 Å². The molecule has 128 valence electrons. The topological polar surface area (TPSA) is 110 Å². The number of carbonyl (C=O) groups is 1. The summed E-state index contributed by atoms with van der Waals surface area (Å²) >= 11 is 0. The molecule has 1 aromatic rings. The van der Waals surface area contributed by atoms with Crippen molar-refractivity contribution < 1.29 is 18.1 Å². The first-order valence-electron chi connectivity index (χ1n) is 7.14. The average molecular weight is 343 g/mol. The van der Waals surface area contributed by atoms with E-state index in [-0.39, 0.29) is 35.3 Å². The SMILES string of the molecule is CCN(CC(=O)NC(C)C)S(=O)(=O)c1cccc([N+](=O)[O-])c1C. The molecule has 1 N–H and O–H groups in total. The molecule has 0 saturated heterocycles. The zero-order valence-electron chi connectivity index (χ0n) is 13.6.